The summed E-state index contributed by atoms with van der Waals surface area (Å²) in [5, 5.41) is 4.67. The van der Waals surface area contributed by atoms with Gasteiger partial charge in [0.15, 0.2) is 0 Å². The molecule has 4 nitrogen and oxygen atoms in total. The first-order valence-electron chi connectivity index (χ1n) is 6.77. The van der Waals surface area contributed by atoms with E-state index in [2.05, 4.69) is 10.3 Å². The Kier molecular flexibility index (Phi) is 3.68. The van der Waals surface area contributed by atoms with E-state index in [1.807, 2.05) is 24.3 Å². The van der Waals surface area contributed by atoms with Gasteiger partial charge in [-0.2, -0.15) is 0 Å². The van der Waals surface area contributed by atoms with Crippen LogP contribution in [0.3, 0.4) is 0 Å². The maximum Gasteiger partial charge on any atom is 0.267 e. The zero-order chi connectivity index (χ0) is 14.1. The van der Waals surface area contributed by atoms with Crippen LogP contribution in [0.1, 0.15) is 29.8 Å². The highest BCUT2D eigenvalue weighted by atomic mass is 35.5. The van der Waals surface area contributed by atoms with Crippen molar-refractivity contribution in [3.63, 3.8) is 0 Å². The van der Waals surface area contributed by atoms with E-state index in [1.165, 1.54) is 0 Å². The predicted molar refractivity (Wildman–Crippen MR) is 79.2 cm³/mol. The fourth-order valence-electron chi connectivity index (χ4n) is 2.77. The van der Waals surface area contributed by atoms with Crippen molar-refractivity contribution in [3.8, 4) is 0 Å². The molecule has 0 bridgehead atoms. The van der Waals surface area contributed by atoms with Gasteiger partial charge in [0.05, 0.1) is 6.10 Å². The van der Waals surface area contributed by atoms with Crippen LogP contribution in [-0.4, -0.2) is 30.1 Å². The number of carbonyl (C=O) groups is 1. The van der Waals surface area contributed by atoms with Crippen LogP contribution in [0.25, 0.3) is 10.9 Å². The lowest BCUT2D eigenvalue weighted by molar-refractivity contribution is 0.0911. The van der Waals surface area contributed by atoms with Crippen LogP contribution in [0.2, 0.25) is 5.02 Å². The molecule has 1 amide bonds. The van der Waals surface area contributed by atoms with Gasteiger partial charge >= 0.3 is 0 Å². The summed E-state index contributed by atoms with van der Waals surface area (Å²) in [5.41, 5.74) is 1.49. The average molecular weight is 293 g/mol. The maximum absolute atomic E-state index is 12.2. The van der Waals surface area contributed by atoms with E-state index in [9.17, 15) is 4.79 Å². The van der Waals surface area contributed by atoms with Gasteiger partial charge in [0.25, 0.3) is 5.91 Å². The Morgan fingerprint density at radius 2 is 2.25 bits per heavy atom. The summed E-state index contributed by atoms with van der Waals surface area (Å²) >= 11 is 5.95. The molecule has 0 radical (unpaired) electrons. The van der Waals surface area contributed by atoms with Crippen LogP contribution < -0.4 is 5.32 Å². The third-order valence-electron chi connectivity index (χ3n) is 3.88. The molecule has 0 saturated heterocycles. The molecule has 1 fully saturated rings. The molecule has 1 aromatic heterocycles. The van der Waals surface area contributed by atoms with Crippen molar-refractivity contribution in [1.29, 1.82) is 0 Å². The fourth-order valence-corrected chi connectivity index (χ4v) is 2.95. The lowest BCUT2D eigenvalue weighted by atomic mass is 10.2. The topological polar surface area (TPSA) is 54.1 Å². The smallest absolute Gasteiger partial charge is 0.267 e. The third kappa shape index (κ3) is 2.67. The molecule has 3 rings (SSSR count). The Morgan fingerprint density at radius 3 is 3.00 bits per heavy atom. The number of amides is 1. The summed E-state index contributed by atoms with van der Waals surface area (Å²) in [6, 6.07) is 7.56. The van der Waals surface area contributed by atoms with Crippen LogP contribution in [0.4, 0.5) is 0 Å². The second-order valence-corrected chi connectivity index (χ2v) is 5.69. The molecule has 2 atom stereocenters. The summed E-state index contributed by atoms with van der Waals surface area (Å²) in [6.45, 7) is 0. The highest BCUT2D eigenvalue weighted by molar-refractivity contribution is 6.31. The van der Waals surface area contributed by atoms with Gasteiger partial charge in [0.2, 0.25) is 0 Å². The Labute approximate surface area is 122 Å². The number of hydrogen-bond donors (Lipinski definition) is 2. The molecule has 2 N–H and O–H groups in total. The molecule has 1 saturated carbocycles. The normalized spacial score (nSPS) is 22.3. The standard InChI is InChI=1S/C15H17ClN2O2/c1-20-12-4-3-11(8-12)17-15(19)14-7-9-6-10(16)2-5-13(9)18-14/h2,5-7,11-12,18H,3-4,8H2,1H3,(H,17,19)/t11-,12?/m0/s1. The molecule has 1 aliphatic carbocycles. The van der Waals surface area contributed by atoms with E-state index in [0.717, 1.165) is 30.2 Å². The van der Waals surface area contributed by atoms with Crippen molar-refractivity contribution >= 4 is 28.4 Å². The second-order valence-electron chi connectivity index (χ2n) is 5.26. The number of rotatable bonds is 3. The Hall–Kier alpha value is -1.52. The monoisotopic (exact) mass is 292 g/mol. The number of halogens is 1. The van der Waals surface area contributed by atoms with E-state index < -0.39 is 0 Å². The molecular formula is C15H17ClN2O2. The van der Waals surface area contributed by atoms with Gasteiger partial charge < -0.3 is 15.0 Å². The van der Waals surface area contributed by atoms with Gasteiger partial charge in [0.1, 0.15) is 5.69 Å². The Morgan fingerprint density at radius 1 is 1.40 bits per heavy atom. The molecule has 1 unspecified atom stereocenters. The fraction of sp³-hybridized carbons (Fsp3) is 0.400. The minimum Gasteiger partial charge on any atom is -0.381 e. The number of carbonyl (C=O) groups excluding carboxylic acids is 1. The van der Waals surface area contributed by atoms with E-state index in [0.29, 0.717) is 10.7 Å². The molecule has 106 valence electrons. The number of hydrogen-bond acceptors (Lipinski definition) is 2. The van der Waals surface area contributed by atoms with Gasteiger partial charge in [-0.05, 0) is 43.5 Å². The summed E-state index contributed by atoms with van der Waals surface area (Å²) in [6.07, 6.45) is 3.12. The highest BCUT2D eigenvalue weighted by Crippen LogP contribution is 2.23. The van der Waals surface area contributed by atoms with E-state index >= 15 is 0 Å². The quantitative estimate of drug-likeness (QED) is 0.913. The summed E-state index contributed by atoms with van der Waals surface area (Å²) in [7, 11) is 1.72. The number of aromatic nitrogens is 1. The first kappa shape index (κ1) is 13.5. The van der Waals surface area contributed by atoms with Crippen molar-refractivity contribution in [1.82, 2.24) is 10.3 Å². The molecule has 5 heteroatoms. The van der Waals surface area contributed by atoms with Gasteiger partial charge in [-0.25, -0.2) is 0 Å². The predicted octanol–water partition coefficient (Wildman–Crippen LogP) is 3.12. The van der Waals surface area contributed by atoms with Crippen LogP contribution in [-0.2, 0) is 4.74 Å². The van der Waals surface area contributed by atoms with Crippen LogP contribution >= 0.6 is 11.6 Å². The Bertz CT molecular complexity index is 638. The first-order valence-corrected chi connectivity index (χ1v) is 7.15. The number of H-pyrrole nitrogens is 1. The number of aromatic amines is 1. The molecule has 1 aliphatic rings. The molecule has 20 heavy (non-hydrogen) atoms. The second kappa shape index (κ2) is 5.46. The van der Waals surface area contributed by atoms with E-state index in [-0.39, 0.29) is 18.1 Å². The van der Waals surface area contributed by atoms with Gasteiger partial charge in [-0.1, -0.05) is 11.6 Å². The molecular weight excluding hydrogens is 276 g/mol. The molecule has 0 aliphatic heterocycles. The lowest BCUT2D eigenvalue weighted by Crippen LogP contribution is -2.33. The van der Waals surface area contributed by atoms with Crippen molar-refractivity contribution in [2.24, 2.45) is 0 Å². The number of nitrogens with one attached hydrogen (secondary N) is 2. The van der Waals surface area contributed by atoms with Crippen LogP contribution in [0, 0.1) is 0 Å². The SMILES string of the molecule is COC1CC[C@H](NC(=O)c2cc3cc(Cl)ccc3[nH]2)C1. The first-order chi connectivity index (χ1) is 9.65. The Balaban J connectivity index is 1.72. The zero-order valence-electron chi connectivity index (χ0n) is 11.3. The highest BCUT2D eigenvalue weighted by Gasteiger charge is 2.26. The van der Waals surface area contributed by atoms with Crippen molar-refractivity contribution in [3.05, 3.63) is 35.0 Å². The van der Waals surface area contributed by atoms with Gasteiger partial charge in [-0.15, -0.1) is 0 Å². The number of methoxy groups -OCH3 is 1. The maximum atomic E-state index is 12.2. The van der Waals surface area contributed by atoms with Crippen LogP contribution in [0.5, 0.6) is 0 Å². The number of ether oxygens (including phenoxy) is 1. The van der Waals surface area contributed by atoms with E-state index in [1.54, 1.807) is 7.11 Å². The van der Waals surface area contributed by atoms with Crippen molar-refractivity contribution in [2.75, 3.05) is 7.11 Å². The molecule has 0 spiro atoms. The minimum atomic E-state index is -0.0703. The number of benzene rings is 1. The van der Waals surface area contributed by atoms with Gasteiger partial charge in [0, 0.05) is 29.1 Å². The lowest BCUT2D eigenvalue weighted by Gasteiger charge is -2.12. The molecule has 2 aromatic rings. The number of fused-ring (bicyclic) bond motifs is 1. The summed E-state index contributed by atoms with van der Waals surface area (Å²) in [5.74, 6) is -0.0703. The zero-order valence-corrected chi connectivity index (χ0v) is 12.0. The third-order valence-corrected chi connectivity index (χ3v) is 4.12. The van der Waals surface area contributed by atoms with Crippen LogP contribution in [0.15, 0.2) is 24.3 Å². The molecule has 1 heterocycles. The molecule has 1 aromatic carbocycles. The average Bonchev–Trinajstić information content (AvgIpc) is 3.04. The summed E-state index contributed by atoms with van der Waals surface area (Å²) in [4.78, 5) is 15.4. The summed E-state index contributed by atoms with van der Waals surface area (Å²) < 4.78 is 5.32. The van der Waals surface area contributed by atoms with E-state index in [4.69, 9.17) is 16.3 Å². The largest absolute Gasteiger partial charge is 0.381 e. The van der Waals surface area contributed by atoms with Crippen molar-refractivity contribution in [2.45, 2.75) is 31.4 Å². The minimum absolute atomic E-state index is 0.0703. The van der Waals surface area contributed by atoms with Crippen molar-refractivity contribution < 1.29 is 9.53 Å². The van der Waals surface area contributed by atoms with Gasteiger partial charge in [-0.3, -0.25) is 4.79 Å².